The van der Waals surface area contributed by atoms with Crippen molar-refractivity contribution >= 4 is 22.4 Å². The first-order valence-electron chi connectivity index (χ1n) is 7.94. The van der Waals surface area contributed by atoms with Crippen LogP contribution in [0, 0.1) is 0 Å². The molecule has 5 nitrogen and oxygen atoms in total. The minimum Gasteiger partial charge on any atom is -0.494 e. The van der Waals surface area contributed by atoms with Crippen molar-refractivity contribution in [2.75, 3.05) is 18.1 Å². The number of rotatable bonds is 6. The highest BCUT2D eigenvalue weighted by molar-refractivity contribution is 7.13. The van der Waals surface area contributed by atoms with Gasteiger partial charge in [0.25, 0.3) is 0 Å². The van der Waals surface area contributed by atoms with Crippen molar-refractivity contribution in [3.63, 3.8) is 0 Å². The summed E-state index contributed by atoms with van der Waals surface area (Å²) in [7, 11) is 0. The van der Waals surface area contributed by atoms with Gasteiger partial charge in [-0.05, 0) is 25.8 Å². The number of thiazole rings is 1. The number of ether oxygens (including phenoxy) is 1. The normalized spacial score (nSPS) is 17.3. The second-order valence-electron chi connectivity index (χ2n) is 5.42. The number of carbonyl (C=O) groups is 1. The molecule has 1 aliphatic rings. The smallest absolute Gasteiger partial charge is 0.243 e. The van der Waals surface area contributed by atoms with Gasteiger partial charge in [0.15, 0.2) is 5.13 Å². The Labute approximate surface area is 140 Å². The number of aromatic nitrogens is 1. The Morgan fingerprint density at radius 1 is 1.48 bits per heavy atom. The fourth-order valence-electron chi connectivity index (χ4n) is 2.87. The lowest BCUT2D eigenvalue weighted by atomic mass is 10.1. The van der Waals surface area contributed by atoms with Crippen molar-refractivity contribution < 1.29 is 9.53 Å². The molecule has 1 saturated heterocycles. The van der Waals surface area contributed by atoms with Gasteiger partial charge in [0, 0.05) is 30.2 Å². The van der Waals surface area contributed by atoms with Crippen molar-refractivity contribution in [1.82, 2.24) is 10.3 Å². The van der Waals surface area contributed by atoms with Crippen molar-refractivity contribution in [1.29, 1.82) is 0 Å². The van der Waals surface area contributed by atoms with E-state index in [1.165, 1.54) is 0 Å². The number of para-hydroxylation sites is 1. The molecule has 23 heavy (non-hydrogen) atoms. The third kappa shape index (κ3) is 3.64. The van der Waals surface area contributed by atoms with Gasteiger partial charge in [-0.3, -0.25) is 4.79 Å². The number of benzene rings is 1. The molecule has 6 heteroatoms. The number of amides is 1. The lowest BCUT2D eigenvalue weighted by molar-refractivity contribution is -0.122. The summed E-state index contributed by atoms with van der Waals surface area (Å²) in [5.74, 6) is 0.891. The third-order valence-electron chi connectivity index (χ3n) is 3.95. The van der Waals surface area contributed by atoms with Crippen LogP contribution in [0.15, 0.2) is 35.8 Å². The summed E-state index contributed by atoms with van der Waals surface area (Å²) in [6, 6.07) is 7.69. The van der Waals surface area contributed by atoms with E-state index >= 15 is 0 Å². The van der Waals surface area contributed by atoms with E-state index in [1.54, 1.807) is 17.5 Å². The van der Waals surface area contributed by atoms with E-state index in [9.17, 15) is 4.79 Å². The second kappa shape index (κ2) is 7.46. The number of anilines is 1. The number of nitrogens with zero attached hydrogens (tertiary/aromatic N) is 2. The molecule has 1 N–H and O–H groups in total. The maximum Gasteiger partial charge on any atom is 0.243 e. The van der Waals surface area contributed by atoms with Crippen LogP contribution in [-0.4, -0.2) is 30.1 Å². The van der Waals surface area contributed by atoms with Gasteiger partial charge < -0.3 is 15.0 Å². The van der Waals surface area contributed by atoms with Crippen LogP contribution in [0.3, 0.4) is 0 Å². The van der Waals surface area contributed by atoms with Crippen LogP contribution in [-0.2, 0) is 11.3 Å². The molecule has 122 valence electrons. The quantitative estimate of drug-likeness (QED) is 0.884. The summed E-state index contributed by atoms with van der Waals surface area (Å²) in [6.45, 7) is 3.95. The molecule has 2 aromatic rings. The standard InChI is InChI=1S/C17H21N3O2S/c1-2-22-15-8-4-3-6-13(15)12-19-16(21)14-7-5-10-20(14)17-18-9-11-23-17/h3-4,6,8-9,11,14H,2,5,7,10,12H2,1H3,(H,19,21)/t14-/m1/s1. The molecule has 0 unspecified atom stereocenters. The van der Waals surface area contributed by atoms with Crippen molar-refractivity contribution in [2.45, 2.75) is 32.4 Å². The highest BCUT2D eigenvalue weighted by atomic mass is 32.1. The minimum atomic E-state index is -0.125. The molecule has 1 atom stereocenters. The summed E-state index contributed by atoms with van der Waals surface area (Å²) in [4.78, 5) is 19.0. The van der Waals surface area contributed by atoms with Crippen LogP contribution in [0.2, 0.25) is 0 Å². The lowest BCUT2D eigenvalue weighted by Gasteiger charge is -2.23. The van der Waals surface area contributed by atoms with Gasteiger partial charge in [0.2, 0.25) is 5.91 Å². The van der Waals surface area contributed by atoms with E-state index in [2.05, 4.69) is 15.2 Å². The van der Waals surface area contributed by atoms with Crippen LogP contribution < -0.4 is 15.0 Å². The van der Waals surface area contributed by atoms with E-state index in [4.69, 9.17) is 4.74 Å². The van der Waals surface area contributed by atoms with Gasteiger partial charge in [0.05, 0.1) is 6.61 Å². The Kier molecular flexibility index (Phi) is 5.12. The molecule has 0 bridgehead atoms. The summed E-state index contributed by atoms with van der Waals surface area (Å²) in [5, 5.41) is 5.92. The maximum atomic E-state index is 12.6. The van der Waals surface area contributed by atoms with Gasteiger partial charge in [-0.1, -0.05) is 18.2 Å². The average molecular weight is 331 g/mol. The van der Waals surface area contributed by atoms with E-state index < -0.39 is 0 Å². The van der Waals surface area contributed by atoms with Gasteiger partial charge in [0.1, 0.15) is 11.8 Å². The Morgan fingerprint density at radius 2 is 2.35 bits per heavy atom. The SMILES string of the molecule is CCOc1ccccc1CNC(=O)[C@H]1CCCN1c1nccs1. The van der Waals surface area contributed by atoms with Crippen molar-refractivity contribution in [3.8, 4) is 5.75 Å². The largest absolute Gasteiger partial charge is 0.494 e. The van der Waals surface area contributed by atoms with Crippen LogP contribution in [0.4, 0.5) is 5.13 Å². The molecule has 0 radical (unpaired) electrons. The van der Waals surface area contributed by atoms with Crippen molar-refractivity contribution in [2.24, 2.45) is 0 Å². The molecule has 1 fully saturated rings. The molecule has 0 aliphatic carbocycles. The third-order valence-corrected chi connectivity index (χ3v) is 4.75. The van der Waals surface area contributed by atoms with E-state index in [-0.39, 0.29) is 11.9 Å². The van der Waals surface area contributed by atoms with Gasteiger partial charge in [-0.15, -0.1) is 11.3 Å². The zero-order chi connectivity index (χ0) is 16.1. The van der Waals surface area contributed by atoms with E-state index in [1.807, 2.05) is 36.6 Å². The summed E-state index contributed by atoms with van der Waals surface area (Å²) < 4.78 is 5.60. The summed E-state index contributed by atoms with van der Waals surface area (Å²) in [6.07, 6.45) is 3.68. The second-order valence-corrected chi connectivity index (χ2v) is 6.30. The number of hydrogen-bond donors (Lipinski definition) is 1. The van der Waals surface area contributed by atoms with Crippen LogP contribution >= 0.6 is 11.3 Å². The van der Waals surface area contributed by atoms with Crippen LogP contribution in [0.25, 0.3) is 0 Å². The Morgan fingerprint density at radius 3 is 3.13 bits per heavy atom. The molecule has 0 saturated carbocycles. The first-order valence-corrected chi connectivity index (χ1v) is 8.82. The monoisotopic (exact) mass is 331 g/mol. The Hall–Kier alpha value is -2.08. The predicted molar refractivity (Wildman–Crippen MR) is 91.9 cm³/mol. The van der Waals surface area contributed by atoms with Gasteiger partial charge in [-0.2, -0.15) is 0 Å². The van der Waals surface area contributed by atoms with E-state index in [0.717, 1.165) is 35.8 Å². The molecular formula is C17H21N3O2S. The van der Waals surface area contributed by atoms with Crippen LogP contribution in [0.1, 0.15) is 25.3 Å². The molecule has 1 aliphatic heterocycles. The minimum absolute atomic E-state index is 0.0593. The molecule has 0 spiro atoms. The fourth-order valence-corrected chi connectivity index (χ4v) is 3.59. The maximum absolute atomic E-state index is 12.6. The molecule has 1 aromatic heterocycles. The molecule has 2 heterocycles. The number of carbonyl (C=O) groups excluding carboxylic acids is 1. The summed E-state index contributed by atoms with van der Waals surface area (Å²) >= 11 is 1.58. The zero-order valence-corrected chi connectivity index (χ0v) is 14.0. The lowest BCUT2D eigenvalue weighted by Crippen LogP contribution is -2.43. The van der Waals surface area contributed by atoms with E-state index in [0.29, 0.717) is 13.2 Å². The Balaban J connectivity index is 1.63. The topological polar surface area (TPSA) is 54.5 Å². The highest BCUT2D eigenvalue weighted by Crippen LogP contribution is 2.27. The summed E-state index contributed by atoms with van der Waals surface area (Å²) in [5.41, 5.74) is 1.00. The first-order chi connectivity index (χ1) is 11.3. The molecular weight excluding hydrogens is 310 g/mol. The molecule has 3 rings (SSSR count). The van der Waals surface area contributed by atoms with Crippen LogP contribution in [0.5, 0.6) is 5.75 Å². The van der Waals surface area contributed by atoms with Crippen molar-refractivity contribution in [3.05, 3.63) is 41.4 Å². The van der Waals surface area contributed by atoms with Gasteiger partial charge >= 0.3 is 0 Å². The predicted octanol–water partition coefficient (Wildman–Crippen LogP) is 2.83. The molecule has 1 aromatic carbocycles. The zero-order valence-electron chi connectivity index (χ0n) is 13.2. The number of hydrogen-bond acceptors (Lipinski definition) is 5. The fraction of sp³-hybridized carbons (Fsp3) is 0.412. The first kappa shape index (κ1) is 15.8. The average Bonchev–Trinajstić information content (AvgIpc) is 3.24. The molecule has 1 amide bonds. The van der Waals surface area contributed by atoms with Gasteiger partial charge in [-0.25, -0.2) is 4.98 Å². The highest BCUT2D eigenvalue weighted by Gasteiger charge is 2.32. The Bertz CT molecular complexity index is 645. The number of nitrogens with one attached hydrogen (secondary N) is 1.